The van der Waals surface area contributed by atoms with E-state index in [0.29, 0.717) is 12.5 Å². The molecule has 5 heteroatoms. The van der Waals surface area contributed by atoms with Gasteiger partial charge >= 0.3 is 0 Å². The van der Waals surface area contributed by atoms with Crippen LogP contribution >= 0.6 is 11.3 Å². The third kappa shape index (κ3) is 3.52. The minimum absolute atomic E-state index is 0.109. The van der Waals surface area contributed by atoms with Crippen molar-refractivity contribution in [2.45, 2.75) is 39.2 Å². The quantitative estimate of drug-likeness (QED) is 0.844. The number of aryl methyl sites for hydroxylation is 2. The number of hydrogen-bond donors (Lipinski definition) is 0. The number of likely N-dealkylation sites (tertiary alicyclic amines) is 1. The van der Waals surface area contributed by atoms with E-state index in [2.05, 4.69) is 13.8 Å². The predicted molar refractivity (Wildman–Crippen MR) is 96.6 cm³/mol. The van der Waals surface area contributed by atoms with Crippen LogP contribution in [0.25, 0.3) is 0 Å². The molecule has 1 aliphatic heterocycles. The highest BCUT2D eigenvalue weighted by molar-refractivity contribution is 7.11. The Morgan fingerprint density at radius 1 is 1.38 bits per heavy atom. The lowest BCUT2D eigenvalue weighted by atomic mass is 9.97. The molecule has 1 aromatic heterocycles. The molecule has 0 bridgehead atoms. The van der Waals surface area contributed by atoms with Crippen LogP contribution in [0, 0.1) is 13.8 Å². The maximum atomic E-state index is 13.0. The Morgan fingerprint density at radius 3 is 2.88 bits per heavy atom. The van der Waals surface area contributed by atoms with Gasteiger partial charge in [0.2, 0.25) is 0 Å². The smallest absolute Gasteiger partial charge is 0.254 e. The van der Waals surface area contributed by atoms with Crippen molar-refractivity contribution in [3.05, 3.63) is 51.0 Å². The number of amides is 1. The summed E-state index contributed by atoms with van der Waals surface area (Å²) in [5, 5.41) is 1.17. The van der Waals surface area contributed by atoms with Crippen LogP contribution in [0.2, 0.25) is 0 Å². The Labute approximate surface area is 147 Å². The first-order chi connectivity index (χ1) is 11.6. The summed E-state index contributed by atoms with van der Waals surface area (Å²) in [4.78, 5) is 21.0. The lowest BCUT2D eigenvalue weighted by Crippen LogP contribution is -2.39. The molecular formula is C19H24N2O2S. The summed E-state index contributed by atoms with van der Waals surface area (Å²) in [6, 6.07) is 7.73. The van der Waals surface area contributed by atoms with Crippen LogP contribution in [0.15, 0.2) is 24.3 Å². The SMILES string of the molecule is COCc1ccccc1C(=O)N1CCC[C@@H](c2nc(C)c(C)s2)C1. The number of carbonyl (C=O) groups is 1. The van der Waals surface area contributed by atoms with E-state index in [4.69, 9.17) is 9.72 Å². The summed E-state index contributed by atoms with van der Waals surface area (Å²) in [5.41, 5.74) is 2.82. The number of thiazole rings is 1. The highest BCUT2D eigenvalue weighted by atomic mass is 32.1. The minimum Gasteiger partial charge on any atom is -0.380 e. The van der Waals surface area contributed by atoms with Crippen molar-refractivity contribution in [1.29, 1.82) is 0 Å². The van der Waals surface area contributed by atoms with Crippen LogP contribution in [0.3, 0.4) is 0 Å². The monoisotopic (exact) mass is 344 g/mol. The molecule has 2 heterocycles. The Kier molecular flexibility index (Phi) is 5.31. The molecule has 0 aliphatic carbocycles. The lowest BCUT2D eigenvalue weighted by molar-refractivity contribution is 0.0702. The molecule has 1 aliphatic rings. The van der Waals surface area contributed by atoms with Crippen LogP contribution in [0.1, 0.15) is 50.3 Å². The molecule has 4 nitrogen and oxygen atoms in total. The average molecular weight is 344 g/mol. The standard InChI is InChI=1S/C19H24N2O2S/c1-13-14(2)24-18(20-13)15-8-6-10-21(11-15)19(22)17-9-5-4-7-16(17)12-23-3/h4-5,7,9,15H,6,8,10-12H2,1-3H3/t15-/m1/s1. The largest absolute Gasteiger partial charge is 0.380 e. The van der Waals surface area contributed by atoms with E-state index < -0.39 is 0 Å². The molecule has 1 fully saturated rings. The summed E-state index contributed by atoms with van der Waals surface area (Å²) in [5.74, 6) is 0.465. The molecule has 0 N–H and O–H groups in total. The summed E-state index contributed by atoms with van der Waals surface area (Å²) in [6.07, 6.45) is 2.14. The summed E-state index contributed by atoms with van der Waals surface area (Å²) in [6.45, 7) is 6.21. The van der Waals surface area contributed by atoms with Crippen LogP contribution in [-0.4, -0.2) is 36.0 Å². The molecule has 2 aromatic rings. The molecule has 1 atom stereocenters. The molecule has 1 saturated heterocycles. The Balaban J connectivity index is 1.78. The van der Waals surface area contributed by atoms with Crippen LogP contribution < -0.4 is 0 Å². The van der Waals surface area contributed by atoms with Crippen molar-refractivity contribution in [3.8, 4) is 0 Å². The Bertz CT molecular complexity index is 706. The van der Waals surface area contributed by atoms with E-state index in [0.717, 1.165) is 42.8 Å². The van der Waals surface area contributed by atoms with Crippen molar-refractivity contribution < 1.29 is 9.53 Å². The molecule has 0 unspecified atom stereocenters. The predicted octanol–water partition coefficient (Wildman–Crippen LogP) is 3.93. The van der Waals surface area contributed by atoms with Gasteiger partial charge in [0.15, 0.2) is 0 Å². The molecule has 1 amide bonds. The molecule has 1 aromatic carbocycles. The Morgan fingerprint density at radius 2 is 2.17 bits per heavy atom. The zero-order valence-electron chi connectivity index (χ0n) is 14.5. The number of benzene rings is 1. The average Bonchev–Trinajstić information content (AvgIpc) is 2.94. The normalized spacial score (nSPS) is 18.0. The van der Waals surface area contributed by atoms with Gasteiger partial charge in [0.05, 0.1) is 17.3 Å². The second-order valence-electron chi connectivity index (χ2n) is 6.37. The fraction of sp³-hybridized carbons (Fsp3) is 0.474. The first kappa shape index (κ1) is 17.1. The van der Waals surface area contributed by atoms with E-state index in [-0.39, 0.29) is 5.91 Å². The van der Waals surface area contributed by atoms with Crippen LogP contribution in [0.5, 0.6) is 0 Å². The number of piperidine rings is 1. The van der Waals surface area contributed by atoms with Crippen molar-refractivity contribution in [2.75, 3.05) is 20.2 Å². The zero-order chi connectivity index (χ0) is 17.1. The van der Waals surface area contributed by atoms with Gasteiger partial charge in [0.1, 0.15) is 0 Å². The fourth-order valence-corrected chi connectivity index (χ4v) is 4.26. The fourth-order valence-electron chi connectivity index (χ4n) is 3.22. The highest BCUT2D eigenvalue weighted by Gasteiger charge is 2.28. The van der Waals surface area contributed by atoms with E-state index in [9.17, 15) is 4.79 Å². The lowest BCUT2D eigenvalue weighted by Gasteiger charge is -2.32. The number of ether oxygens (including phenoxy) is 1. The zero-order valence-corrected chi connectivity index (χ0v) is 15.4. The highest BCUT2D eigenvalue weighted by Crippen LogP contribution is 2.32. The summed E-state index contributed by atoms with van der Waals surface area (Å²) in [7, 11) is 1.66. The number of rotatable bonds is 4. The third-order valence-electron chi connectivity index (χ3n) is 4.65. The van der Waals surface area contributed by atoms with Gasteiger partial charge in [-0.2, -0.15) is 0 Å². The van der Waals surface area contributed by atoms with Crippen molar-refractivity contribution in [3.63, 3.8) is 0 Å². The maximum Gasteiger partial charge on any atom is 0.254 e. The first-order valence-corrected chi connectivity index (χ1v) is 9.22. The first-order valence-electron chi connectivity index (χ1n) is 8.40. The van der Waals surface area contributed by atoms with Gasteiger partial charge in [0, 0.05) is 36.6 Å². The van der Waals surface area contributed by atoms with Gasteiger partial charge in [-0.25, -0.2) is 4.98 Å². The molecule has 0 saturated carbocycles. The number of carbonyl (C=O) groups excluding carboxylic acids is 1. The van der Waals surface area contributed by atoms with Gasteiger partial charge in [0.25, 0.3) is 5.91 Å². The van der Waals surface area contributed by atoms with Gasteiger partial charge < -0.3 is 9.64 Å². The summed E-state index contributed by atoms with van der Waals surface area (Å²) >= 11 is 1.77. The Hall–Kier alpha value is -1.72. The number of hydrogen-bond acceptors (Lipinski definition) is 4. The van der Waals surface area contributed by atoms with Crippen molar-refractivity contribution in [1.82, 2.24) is 9.88 Å². The summed E-state index contributed by atoms with van der Waals surface area (Å²) < 4.78 is 5.23. The van der Waals surface area contributed by atoms with Crippen LogP contribution in [-0.2, 0) is 11.3 Å². The van der Waals surface area contributed by atoms with Crippen molar-refractivity contribution >= 4 is 17.2 Å². The minimum atomic E-state index is 0.109. The number of methoxy groups -OCH3 is 1. The van der Waals surface area contributed by atoms with E-state index >= 15 is 0 Å². The second-order valence-corrected chi connectivity index (χ2v) is 7.61. The number of aromatic nitrogens is 1. The molecular weight excluding hydrogens is 320 g/mol. The van der Waals surface area contributed by atoms with Gasteiger partial charge in [-0.1, -0.05) is 18.2 Å². The van der Waals surface area contributed by atoms with E-state index in [1.807, 2.05) is 29.2 Å². The molecule has 24 heavy (non-hydrogen) atoms. The van der Waals surface area contributed by atoms with E-state index in [1.54, 1.807) is 18.4 Å². The third-order valence-corrected chi connectivity index (χ3v) is 5.89. The molecule has 128 valence electrons. The van der Waals surface area contributed by atoms with Crippen molar-refractivity contribution in [2.24, 2.45) is 0 Å². The topological polar surface area (TPSA) is 42.4 Å². The van der Waals surface area contributed by atoms with E-state index in [1.165, 1.54) is 9.88 Å². The van der Waals surface area contributed by atoms with Gasteiger partial charge in [-0.05, 0) is 38.3 Å². The molecule has 3 rings (SSSR count). The second kappa shape index (κ2) is 7.45. The van der Waals surface area contributed by atoms with Gasteiger partial charge in [-0.3, -0.25) is 4.79 Å². The number of nitrogens with zero attached hydrogens (tertiary/aromatic N) is 2. The van der Waals surface area contributed by atoms with Crippen LogP contribution in [0.4, 0.5) is 0 Å². The molecule has 0 radical (unpaired) electrons. The maximum absolute atomic E-state index is 13.0. The van der Waals surface area contributed by atoms with Gasteiger partial charge in [-0.15, -0.1) is 11.3 Å². The molecule has 0 spiro atoms.